The maximum atomic E-state index is 12.3. The number of carbonyl (C=O) groups is 1. The Morgan fingerprint density at radius 3 is 2.48 bits per heavy atom. The summed E-state index contributed by atoms with van der Waals surface area (Å²) in [5.74, 6) is -0.0956. The molecule has 0 spiro atoms. The largest absolute Gasteiger partial charge is 0.322 e. The van der Waals surface area contributed by atoms with Crippen molar-refractivity contribution in [3.05, 3.63) is 68.7 Å². The summed E-state index contributed by atoms with van der Waals surface area (Å²) in [6, 6.07) is 11.4. The van der Waals surface area contributed by atoms with Gasteiger partial charge in [-0.3, -0.25) is 14.9 Å². The SMILES string of the molecule is CC[C@H](C)c1ccc(NC(=O)c2ccc(Cl)cc2[N+](=O)[O-])cc1. The van der Waals surface area contributed by atoms with Crippen LogP contribution in [0.1, 0.15) is 42.1 Å². The lowest BCUT2D eigenvalue weighted by atomic mass is 9.98. The monoisotopic (exact) mass is 332 g/mol. The molecule has 0 bridgehead atoms. The molecule has 2 aromatic rings. The van der Waals surface area contributed by atoms with Crippen LogP contribution >= 0.6 is 11.6 Å². The van der Waals surface area contributed by atoms with E-state index in [4.69, 9.17) is 11.6 Å². The van der Waals surface area contributed by atoms with Crippen molar-refractivity contribution in [1.82, 2.24) is 0 Å². The van der Waals surface area contributed by atoms with Crippen LogP contribution in [0.4, 0.5) is 11.4 Å². The van der Waals surface area contributed by atoms with E-state index in [9.17, 15) is 14.9 Å². The summed E-state index contributed by atoms with van der Waals surface area (Å²) in [4.78, 5) is 22.7. The first-order valence-electron chi connectivity index (χ1n) is 7.27. The van der Waals surface area contributed by atoms with Crippen molar-refractivity contribution in [2.45, 2.75) is 26.2 Å². The molecule has 0 aliphatic heterocycles. The van der Waals surface area contributed by atoms with Crippen LogP contribution in [-0.2, 0) is 0 Å². The zero-order valence-corrected chi connectivity index (χ0v) is 13.6. The van der Waals surface area contributed by atoms with E-state index in [-0.39, 0.29) is 16.3 Å². The molecule has 5 nitrogen and oxygen atoms in total. The maximum absolute atomic E-state index is 12.3. The zero-order valence-electron chi connectivity index (χ0n) is 12.9. The van der Waals surface area contributed by atoms with Gasteiger partial charge in [0.2, 0.25) is 0 Å². The van der Waals surface area contributed by atoms with E-state index in [0.29, 0.717) is 11.6 Å². The minimum absolute atomic E-state index is 0.0228. The standard InChI is InChI=1S/C17H17ClN2O3/c1-3-11(2)12-4-7-14(8-5-12)19-17(21)15-9-6-13(18)10-16(15)20(22)23/h4-11H,3H2,1-2H3,(H,19,21)/t11-/m0/s1. The van der Waals surface area contributed by atoms with Crippen LogP contribution in [0.3, 0.4) is 0 Å². The molecule has 0 aromatic heterocycles. The normalized spacial score (nSPS) is 11.8. The molecule has 120 valence electrons. The van der Waals surface area contributed by atoms with Crippen LogP contribution in [-0.4, -0.2) is 10.8 Å². The first-order valence-corrected chi connectivity index (χ1v) is 7.65. The number of halogens is 1. The first-order chi connectivity index (χ1) is 10.9. The smallest absolute Gasteiger partial charge is 0.283 e. The molecule has 0 aliphatic carbocycles. The highest BCUT2D eigenvalue weighted by molar-refractivity contribution is 6.31. The second-order valence-corrected chi connectivity index (χ2v) is 5.74. The molecule has 0 fully saturated rings. The molecule has 0 saturated heterocycles. The summed E-state index contributed by atoms with van der Waals surface area (Å²) in [7, 11) is 0. The van der Waals surface area contributed by atoms with Gasteiger partial charge in [0.25, 0.3) is 11.6 Å². The molecule has 23 heavy (non-hydrogen) atoms. The molecule has 0 heterocycles. The second-order valence-electron chi connectivity index (χ2n) is 5.30. The summed E-state index contributed by atoms with van der Waals surface area (Å²) in [5, 5.41) is 13.9. The number of anilines is 1. The number of rotatable bonds is 5. The van der Waals surface area contributed by atoms with Crippen molar-refractivity contribution in [2.75, 3.05) is 5.32 Å². The van der Waals surface area contributed by atoms with Crippen molar-refractivity contribution >= 4 is 28.9 Å². The van der Waals surface area contributed by atoms with E-state index in [1.165, 1.54) is 23.8 Å². The minimum Gasteiger partial charge on any atom is -0.322 e. The molecule has 2 rings (SSSR count). The molecular formula is C17H17ClN2O3. The Balaban J connectivity index is 2.21. The minimum atomic E-state index is -0.618. The predicted molar refractivity (Wildman–Crippen MR) is 91.2 cm³/mol. The number of nitrogens with one attached hydrogen (secondary N) is 1. The van der Waals surface area contributed by atoms with Gasteiger partial charge in [0.15, 0.2) is 0 Å². The van der Waals surface area contributed by atoms with Gasteiger partial charge in [0.05, 0.1) is 4.92 Å². The fourth-order valence-corrected chi connectivity index (χ4v) is 2.34. The highest BCUT2D eigenvalue weighted by Gasteiger charge is 2.20. The Morgan fingerprint density at radius 1 is 1.26 bits per heavy atom. The average Bonchev–Trinajstić information content (AvgIpc) is 2.54. The van der Waals surface area contributed by atoms with E-state index in [0.717, 1.165) is 6.42 Å². The van der Waals surface area contributed by atoms with E-state index in [1.54, 1.807) is 12.1 Å². The quantitative estimate of drug-likeness (QED) is 0.617. The van der Waals surface area contributed by atoms with Crippen molar-refractivity contribution in [2.24, 2.45) is 0 Å². The number of nitro groups is 1. The lowest BCUT2D eigenvalue weighted by Crippen LogP contribution is -2.14. The van der Waals surface area contributed by atoms with E-state index < -0.39 is 10.8 Å². The van der Waals surface area contributed by atoms with Gasteiger partial charge in [-0.25, -0.2) is 0 Å². The molecule has 6 heteroatoms. The number of hydrogen-bond donors (Lipinski definition) is 1. The second kappa shape index (κ2) is 7.24. The van der Waals surface area contributed by atoms with Crippen LogP contribution in [0.2, 0.25) is 5.02 Å². The predicted octanol–water partition coefficient (Wildman–Crippen LogP) is 5.01. The zero-order chi connectivity index (χ0) is 17.0. The summed E-state index contributed by atoms with van der Waals surface area (Å²) in [5.41, 5.74) is 1.44. The molecule has 1 atom stereocenters. The van der Waals surface area contributed by atoms with Crippen molar-refractivity contribution in [3.63, 3.8) is 0 Å². The molecule has 2 aromatic carbocycles. The summed E-state index contributed by atoms with van der Waals surface area (Å²) >= 11 is 5.75. The van der Waals surface area contributed by atoms with Crippen LogP contribution in [0.5, 0.6) is 0 Å². The highest BCUT2D eigenvalue weighted by atomic mass is 35.5. The molecule has 0 unspecified atom stereocenters. The van der Waals surface area contributed by atoms with Gasteiger partial charge in [0, 0.05) is 16.8 Å². The van der Waals surface area contributed by atoms with Gasteiger partial charge in [-0.1, -0.05) is 37.6 Å². The summed E-state index contributed by atoms with van der Waals surface area (Å²) in [6.07, 6.45) is 1.03. The van der Waals surface area contributed by atoms with Crippen LogP contribution < -0.4 is 5.32 Å². The fraction of sp³-hybridized carbons (Fsp3) is 0.235. The Labute approximate surface area is 139 Å². The Morgan fingerprint density at radius 2 is 1.91 bits per heavy atom. The van der Waals surface area contributed by atoms with Gasteiger partial charge in [0.1, 0.15) is 5.56 Å². The Bertz CT molecular complexity index is 729. The van der Waals surface area contributed by atoms with Crippen molar-refractivity contribution in [1.29, 1.82) is 0 Å². The fourth-order valence-electron chi connectivity index (χ4n) is 2.18. The topological polar surface area (TPSA) is 72.2 Å². The third-order valence-electron chi connectivity index (χ3n) is 3.75. The van der Waals surface area contributed by atoms with Crippen LogP contribution in [0.15, 0.2) is 42.5 Å². The van der Waals surface area contributed by atoms with E-state index in [1.807, 2.05) is 12.1 Å². The number of amides is 1. The molecule has 0 radical (unpaired) electrons. The Hall–Kier alpha value is -2.40. The Kier molecular flexibility index (Phi) is 5.34. The van der Waals surface area contributed by atoms with Gasteiger partial charge in [-0.15, -0.1) is 0 Å². The van der Waals surface area contributed by atoms with Gasteiger partial charge >= 0.3 is 0 Å². The number of nitro benzene ring substituents is 1. The van der Waals surface area contributed by atoms with E-state index in [2.05, 4.69) is 19.2 Å². The lowest BCUT2D eigenvalue weighted by molar-refractivity contribution is -0.385. The number of benzene rings is 2. The first kappa shape index (κ1) is 17.0. The van der Waals surface area contributed by atoms with Crippen LogP contribution in [0.25, 0.3) is 0 Å². The number of nitrogens with zero attached hydrogens (tertiary/aromatic N) is 1. The highest BCUT2D eigenvalue weighted by Crippen LogP contribution is 2.25. The molecule has 0 aliphatic rings. The number of hydrogen-bond acceptors (Lipinski definition) is 3. The lowest BCUT2D eigenvalue weighted by Gasteiger charge is -2.10. The third-order valence-corrected chi connectivity index (χ3v) is 3.99. The summed E-state index contributed by atoms with van der Waals surface area (Å²) < 4.78 is 0. The number of carbonyl (C=O) groups excluding carboxylic acids is 1. The van der Waals surface area contributed by atoms with Crippen molar-refractivity contribution in [3.8, 4) is 0 Å². The third kappa shape index (κ3) is 4.07. The van der Waals surface area contributed by atoms with Gasteiger partial charge in [-0.05, 0) is 42.2 Å². The van der Waals surface area contributed by atoms with Gasteiger partial charge < -0.3 is 5.32 Å². The van der Waals surface area contributed by atoms with Crippen molar-refractivity contribution < 1.29 is 9.72 Å². The summed E-state index contributed by atoms with van der Waals surface area (Å²) in [6.45, 7) is 4.24. The van der Waals surface area contributed by atoms with Crippen LogP contribution in [0, 0.1) is 10.1 Å². The maximum Gasteiger partial charge on any atom is 0.283 e. The van der Waals surface area contributed by atoms with E-state index >= 15 is 0 Å². The molecule has 1 amide bonds. The van der Waals surface area contributed by atoms with Gasteiger partial charge in [-0.2, -0.15) is 0 Å². The molecular weight excluding hydrogens is 316 g/mol. The molecule has 1 N–H and O–H groups in total. The molecule has 0 saturated carbocycles. The average molecular weight is 333 g/mol.